The number of fused-ring (bicyclic) bond motifs is 1. The number of rotatable bonds is 7. The van der Waals surface area contributed by atoms with Crippen molar-refractivity contribution < 1.29 is 24.2 Å². The highest BCUT2D eigenvalue weighted by atomic mass is 16.5. The lowest BCUT2D eigenvalue weighted by Crippen LogP contribution is -2.29. The topological polar surface area (TPSA) is 76.1 Å². The van der Waals surface area contributed by atoms with E-state index in [2.05, 4.69) is 0 Å². The van der Waals surface area contributed by atoms with Gasteiger partial charge in [-0.15, -0.1) is 0 Å². The maximum absolute atomic E-state index is 13.5. The number of aliphatic hydroxyl groups excluding tert-OH is 1. The van der Waals surface area contributed by atoms with Crippen molar-refractivity contribution in [2.75, 3.05) is 0 Å². The quantitative estimate of drug-likeness (QED) is 0.174. The number of aliphatic hydroxyl groups is 1. The highest BCUT2D eigenvalue weighted by Gasteiger charge is 2.46. The van der Waals surface area contributed by atoms with Gasteiger partial charge in [0.05, 0.1) is 11.6 Å². The molecule has 0 bridgehead atoms. The number of hydrogen-bond acceptors (Lipinski definition) is 5. The number of carbonyl (C=O) groups excluding carboxylic acids is 2. The predicted octanol–water partition coefficient (Wildman–Crippen LogP) is 6.21. The number of hydrogen-bond donors (Lipinski definition) is 1. The molecule has 200 valence electrons. The van der Waals surface area contributed by atoms with Gasteiger partial charge in [-0.2, -0.15) is 0 Å². The zero-order chi connectivity index (χ0) is 27.6. The maximum atomic E-state index is 13.5. The second-order valence-corrected chi connectivity index (χ2v) is 10.2. The number of ether oxygens (including phenoxy) is 2. The summed E-state index contributed by atoms with van der Waals surface area (Å²) in [6.07, 6.45) is 0.763. The third-order valence-electron chi connectivity index (χ3n) is 7.35. The van der Waals surface area contributed by atoms with Gasteiger partial charge in [-0.05, 0) is 59.5 Å². The summed E-state index contributed by atoms with van der Waals surface area (Å²) >= 11 is 0. The summed E-state index contributed by atoms with van der Waals surface area (Å²) in [5.41, 5.74) is 4.18. The van der Waals surface area contributed by atoms with Crippen LogP contribution in [0.2, 0.25) is 0 Å². The Bertz CT molecular complexity index is 1580. The Kier molecular flexibility index (Phi) is 6.83. The monoisotopic (exact) mass is 531 g/mol. The van der Waals surface area contributed by atoms with Gasteiger partial charge in [0, 0.05) is 18.5 Å². The van der Waals surface area contributed by atoms with Gasteiger partial charge in [0.2, 0.25) is 0 Å². The van der Waals surface area contributed by atoms with Crippen LogP contribution in [0.4, 0.5) is 0 Å². The molecular formula is C34H29NO5. The first kappa shape index (κ1) is 25.4. The fourth-order valence-electron chi connectivity index (χ4n) is 5.38. The molecule has 4 aromatic rings. The number of carbonyl (C=O) groups is 2. The Hall–Kier alpha value is -4.84. The van der Waals surface area contributed by atoms with Crippen molar-refractivity contribution in [1.29, 1.82) is 0 Å². The summed E-state index contributed by atoms with van der Waals surface area (Å²) in [7, 11) is 0. The number of benzene rings is 4. The van der Waals surface area contributed by atoms with Gasteiger partial charge in [-0.1, -0.05) is 72.8 Å². The average molecular weight is 532 g/mol. The van der Waals surface area contributed by atoms with Gasteiger partial charge in [0.15, 0.2) is 0 Å². The Morgan fingerprint density at radius 2 is 1.57 bits per heavy atom. The average Bonchev–Trinajstić information content (AvgIpc) is 3.48. The highest BCUT2D eigenvalue weighted by Crippen LogP contribution is 2.41. The minimum Gasteiger partial charge on any atom is -0.507 e. The van der Waals surface area contributed by atoms with E-state index in [1.807, 2.05) is 104 Å². The molecule has 1 saturated heterocycles. The molecular weight excluding hydrogens is 502 g/mol. The van der Waals surface area contributed by atoms with E-state index in [-0.39, 0.29) is 24.0 Å². The highest BCUT2D eigenvalue weighted by molar-refractivity contribution is 6.46. The molecule has 0 aromatic heterocycles. The van der Waals surface area contributed by atoms with Crippen LogP contribution >= 0.6 is 0 Å². The molecule has 2 atom stereocenters. The Balaban J connectivity index is 1.37. The van der Waals surface area contributed by atoms with Crippen LogP contribution in [-0.4, -0.2) is 27.8 Å². The predicted molar refractivity (Wildman–Crippen MR) is 152 cm³/mol. The van der Waals surface area contributed by atoms with E-state index in [1.54, 1.807) is 6.07 Å². The molecule has 1 N–H and O–H groups in total. The van der Waals surface area contributed by atoms with E-state index in [9.17, 15) is 14.7 Å². The smallest absolute Gasteiger partial charge is 0.295 e. The minimum absolute atomic E-state index is 0.0477. The fourth-order valence-corrected chi connectivity index (χ4v) is 5.38. The van der Waals surface area contributed by atoms with Crippen LogP contribution in [0.5, 0.6) is 11.5 Å². The molecule has 1 amide bonds. The van der Waals surface area contributed by atoms with Crippen molar-refractivity contribution >= 4 is 17.4 Å². The molecule has 2 aliphatic rings. The molecule has 0 spiro atoms. The van der Waals surface area contributed by atoms with Crippen molar-refractivity contribution in [2.24, 2.45) is 0 Å². The molecule has 6 nitrogen and oxygen atoms in total. The van der Waals surface area contributed by atoms with Crippen molar-refractivity contribution in [3.8, 4) is 11.5 Å². The van der Waals surface area contributed by atoms with Crippen molar-refractivity contribution in [3.63, 3.8) is 0 Å². The van der Waals surface area contributed by atoms with Crippen molar-refractivity contribution in [3.05, 3.63) is 137 Å². The first-order chi connectivity index (χ1) is 19.5. The second kappa shape index (κ2) is 10.7. The zero-order valence-corrected chi connectivity index (χ0v) is 22.1. The van der Waals surface area contributed by atoms with Gasteiger partial charge in [0.25, 0.3) is 11.7 Å². The Labute approximate surface area is 233 Å². The first-order valence-corrected chi connectivity index (χ1v) is 13.4. The number of nitrogens with zero attached hydrogens (tertiary/aromatic N) is 1. The summed E-state index contributed by atoms with van der Waals surface area (Å²) in [5, 5.41) is 11.5. The van der Waals surface area contributed by atoms with Crippen LogP contribution in [-0.2, 0) is 29.2 Å². The lowest BCUT2D eigenvalue weighted by atomic mass is 9.94. The van der Waals surface area contributed by atoms with Gasteiger partial charge in [-0.3, -0.25) is 9.59 Å². The Morgan fingerprint density at radius 1 is 0.900 bits per heavy atom. The van der Waals surface area contributed by atoms with Gasteiger partial charge < -0.3 is 19.5 Å². The zero-order valence-electron chi connectivity index (χ0n) is 22.1. The third kappa shape index (κ3) is 4.96. The van der Waals surface area contributed by atoms with Gasteiger partial charge in [-0.25, -0.2) is 0 Å². The number of Topliss-reactive ketones (excluding diaryl/α,β-unsaturated/α-hetero) is 1. The van der Waals surface area contributed by atoms with Crippen LogP contribution in [0.1, 0.15) is 40.8 Å². The minimum atomic E-state index is -0.758. The lowest BCUT2D eigenvalue weighted by Gasteiger charge is -2.25. The largest absolute Gasteiger partial charge is 0.507 e. The van der Waals surface area contributed by atoms with Crippen LogP contribution in [0, 0.1) is 0 Å². The number of ketones is 1. The van der Waals surface area contributed by atoms with E-state index in [0.29, 0.717) is 29.9 Å². The van der Waals surface area contributed by atoms with E-state index >= 15 is 0 Å². The molecule has 0 saturated carbocycles. The molecule has 0 radical (unpaired) electrons. The second-order valence-electron chi connectivity index (χ2n) is 10.2. The van der Waals surface area contributed by atoms with Crippen LogP contribution in [0.15, 0.2) is 109 Å². The van der Waals surface area contributed by atoms with Crippen molar-refractivity contribution in [2.45, 2.75) is 38.6 Å². The molecule has 0 aliphatic carbocycles. The van der Waals surface area contributed by atoms with Crippen LogP contribution in [0.3, 0.4) is 0 Å². The van der Waals surface area contributed by atoms with Crippen molar-refractivity contribution in [1.82, 2.24) is 4.90 Å². The molecule has 6 rings (SSSR count). The lowest BCUT2D eigenvalue weighted by molar-refractivity contribution is -0.140. The molecule has 0 unspecified atom stereocenters. The number of amides is 1. The summed E-state index contributed by atoms with van der Waals surface area (Å²) < 4.78 is 11.7. The third-order valence-corrected chi connectivity index (χ3v) is 7.35. The van der Waals surface area contributed by atoms with E-state index in [0.717, 1.165) is 22.4 Å². The van der Waals surface area contributed by atoms with Crippen LogP contribution < -0.4 is 9.47 Å². The molecule has 6 heteroatoms. The molecule has 2 aliphatic heterocycles. The molecule has 40 heavy (non-hydrogen) atoms. The van der Waals surface area contributed by atoms with Crippen LogP contribution in [0.25, 0.3) is 5.76 Å². The Morgan fingerprint density at radius 3 is 2.27 bits per heavy atom. The number of likely N-dealkylation sites (tertiary alicyclic amines) is 1. The van der Waals surface area contributed by atoms with Gasteiger partial charge >= 0.3 is 0 Å². The van der Waals surface area contributed by atoms with E-state index < -0.39 is 17.7 Å². The van der Waals surface area contributed by atoms with Gasteiger partial charge in [0.1, 0.15) is 30.0 Å². The summed E-state index contributed by atoms with van der Waals surface area (Å²) in [4.78, 5) is 28.4. The summed E-state index contributed by atoms with van der Waals surface area (Å²) in [6, 6.07) is 31.4. The maximum Gasteiger partial charge on any atom is 0.295 e. The summed E-state index contributed by atoms with van der Waals surface area (Å²) in [5.74, 6) is -0.0897. The molecule has 1 fully saturated rings. The first-order valence-electron chi connectivity index (χ1n) is 13.4. The van der Waals surface area contributed by atoms with E-state index in [4.69, 9.17) is 9.47 Å². The molecule has 4 aromatic carbocycles. The summed E-state index contributed by atoms with van der Waals surface area (Å²) in [6.45, 7) is 2.64. The molecule has 2 heterocycles. The SMILES string of the molecule is C[C@H]1Cc2cc(/C(O)=C3/C(=O)C(=O)N(Cc4ccccc4)[C@@H]3c3ccc(OCc4ccccc4)cc3)ccc2O1. The standard InChI is InChI=1S/C34H29NO5/c1-22-18-27-19-26(14-17-29(27)40-22)32(36)30-31(35(34(38)33(30)37)20-23-8-4-2-5-9-23)25-12-15-28(16-13-25)39-21-24-10-6-3-7-11-24/h2-17,19,22,31,36H,18,20-21H2,1H3/b32-30-/t22-,31+/m0/s1. The normalized spacial score (nSPS) is 19.4. The van der Waals surface area contributed by atoms with E-state index in [1.165, 1.54) is 4.90 Å². The fraction of sp³-hybridized carbons (Fsp3) is 0.176.